The number of hydrogen-bond acceptors (Lipinski definition) is 1. The van der Waals surface area contributed by atoms with E-state index >= 15 is 0 Å². The minimum atomic E-state index is -5.58. The average molecular weight is 229 g/mol. The Hall–Kier alpha value is -1.34. The van der Waals surface area contributed by atoms with Crippen LogP contribution in [0.2, 0.25) is 0 Å². The maximum Gasteiger partial charge on any atom is 0.512 e. The molecule has 0 aliphatic carbocycles. The van der Waals surface area contributed by atoms with Gasteiger partial charge in [0.1, 0.15) is 5.82 Å². The molecular weight excluding hydrogens is 225 g/mol. The maximum absolute atomic E-state index is 13.0. The number of halogens is 6. The van der Waals surface area contributed by atoms with Gasteiger partial charge < -0.3 is 17.7 Å². The maximum atomic E-state index is 13.0. The Morgan fingerprint density at radius 1 is 1.13 bits per heavy atom. The van der Waals surface area contributed by atoms with Crippen LogP contribution >= 0.6 is 0 Å². The molecule has 0 aliphatic heterocycles. The topological polar surface area (TPSA) is 9.23 Å². The highest BCUT2D eigenvalue weighted by atomic mass is 19.4. The van der Waals surface area contributed by atoms with Gasteiger partial charge in [0.15, 0.2) is 5.75 Å². The third-order valence-corrected chi connectivity index (χ3v) is 1.56. The van der Waals surface area contributed by atoms with Gasteiger partial charge >= 0.3 is 13.6 Å². The van der Waals surface area contributed by atoms with Crippen molar-refractivity contribution in [1.29, 1.82) is 0 Å². The summed E-state index contributed by atoms with van der Waals surface area (Å²) >= 11 is 0. The van der Waals surface area contributed by atoms with Gasteiger partial charge in [0.05, 0.1) is 0 Å². The highest BCUT2D eigenvalue weighted by molar-refractivity contribution is 6.73. The Morgan fingerprint density at radius 2 is 1.73 bits per heavy atom. The lowest BCUT2D eigenvalue weighted by atomic mass is 9.79. The minimum absolute atomic E-state index is 0.466. The molecule has 8 heteroatoms. The molecule has 0 aliphatic rings. The Bertz CT molecular complexity index is 350. The molecule has 0 unspecified atom stereocenters. The molecule has 0 heterocycles. The molecule has 1 aromatic carbocycles. The summed E-state index contributed by atoms with van der Waals surface area (Å²) in [5.74, 6) is -2.92. The van der Waals surface area contributed by atoms with E-state index in [-0.39, 0.29) is 0 Å². The average Bonchev–Trinajstić information content (AvgIpc) is 2.05. The first-order valence-corrected chi connectivity index (χ1v) is 3.75. The second-order valence-electron chi connectivity index (χ2n) is 2.61. The van der Waals surface area contributed by atoms with Crippen LogP contribution < -0.4 is 10.2 Å². The molecule has 0 radical (unpaired) electrons. The lowest BCUT2D eigenvalue weighted by Gasteiger charge is -2.17. The van der Waals surface area contributed by atoms with Gasteiger partial charge in [-0.2, -0.15) is 8.78 Å². The fraction of sp³-hybridized carbons (Fsp3) is 0.143. The Morgan fingerprint density at radius 3 is 2.20 bits per heavy atom. The highest BCUT2D eigenvalue weighted by Gasteiger charge is 2.30. The van der Waals surface area contributed by atoms with Crippen molar-refractivity contribution in [2.45, 2.75) is 6.61 Å². The molecule has 84 valence electrons. The fourth-order valence-corrected chi connectivity index (χ4v) is 0.968. The van der Waals surface area contributed by atoms with E-state index in [2.05, 4.69) is 4.74 Å². The summed E-state index contributed by atoms with van der Waals surface area (Å²) in [6.45, 7) is -8.94. The van der Waals surface area contributed by atoms with Crippen molar-refractivity contribution in [3.05, 3.63) is 24.0 Å². The van der Waals surface area contributed by atoms with Gasteiger partial charge in [0, 0.05) is 0 Å². The van der Waals surface area contributed by atoms with Crippen molar-refractivity contribution in [1.82, 2.24) is 0 Å². The number of alkyl halides is 2. The number of benzene rings is 1. The van der Waals surface area contributed by atoms with E-state index in [0.717, 1.165) is 6.07 Å². The fourth-order valence-electron chi connectivity index (χ4n) is 0.968. The molecule has 0 saturated carbocycles. The summed E-state index contributed by atoms with van der Waals surface area (Å²) in [4.78, 5) is 0. The summed E-state index contributed by atoms with van der Waals surface area (Å²) < 4.78 is 76.3. The first-order valence-electron chi connectivity index (χ1n) is 3.75. The second-order valence-corrected chi connectivity index (χ2v) is 2.61. The third-order valence-electron chi connectivity index (χ3n) is 1.56. The van der Waals surface area contributed by atoms with E-state index in [0.29, 0.717) is 12.1 Å². The van der Waals surface area contributed by atoms with Crippen LogP contribution in [0.1, 0.15) is 0 Å². The van der Waals surface area contributed by atoms with Gasteiger partial charge in [0.2, 0.25) is 0 Å². The smallest absolute Gasteiger partial charge is 0.445 e. The van der Waals surface area contributed by atoms with Gasteiger partial charge in [-0.25, -0.2) is 4.39 Å². The van der Waals surface area contributed by atoms with Crippen molar-refractivity contribution >= 4 is 12.4 Å². The van der Waals surface area contributed by atoms with E-state index in [1.165, 1.54) is 0 Å². The largest absolute Gasteiger partial charge is 0.512 e. The molecule has 0 spiro atoms. The molecule has 1 rings (SSSR count). The molecule has 1 nitrogen and oxygen atoms in total. The van der Waals surface area contributed by atoms with Crippen LogP contribution in [0.4, 0.5) is 26.1 Å². The van der Waals surface area contributed by atoms with Crippen molar-refractivity contribution < 1.29 is 30.9 Å². The van der Waals surface area contributed by atoms with Crippen molar-refractivity contribution in [3.8, 4) is 5.75 Å². The quantitative estimate of drug-likeness (QED) is 0.571. The van der Waals surface area contributed by atoms with E-state index in [1.807, 2.05) is 0 Å². The Kier molecular flexibility index (Phi) is 3.16. The Balaban J connectivity index is 3.12. The zero-order chi connectivity index (χ0) is 11.6. The first-order chi connectivity index (χ1) is 6.82. The minimum Gasteiger partial charge on any atom is -0.445 e. The predicted octanol–water partition coefficient (Wildman–Crippen LogP) is 2.48. The molecule has 0 fully saturated rings. The first kappa shape index (κ1) is 11.7. The van der Waals surface area contributed by atoms with Crippen LogP contribution in [-0.2, 0) is 0 Å². The van der Waals surface area contributed by atoms with Crippen molar-refractivity contribution in [2.24, 2.45) is 0 Å². The summed E-state index contributed by atoms with van der Waals surface area (Å²) in [5, 5.41) is 0. The molecule has 15 heavy (non-hydrogen) atoms. The molecule has 1 aromatic rings. The van der Waals surface area contributed by atoms with Gasteiger partial charge in [-0.1, -0.05) is 17.6 Å². The van der Waals surface area contributed by atoms with Gasteiger partial charge in [0.25, 0.3) is 0 Å². The third kappa shape index (κ3) is 2.80. The second kappa shape index (κ2) is 4.04. The zero-order valence-corrected chi connectivity index (χ0v) is 7.06. The van der Waals surface area contributed by atoms with E-state index in [4.69, 9.17) is 0 Å². The molecule has 0 atom stereocenters. The van der Waals surface area contributed by atoms with E-state index < -0.39 is 30.6 Å². The van der Waals surface area contributed by atoms with Gasteiger partial charge in [-0.3, -0.25) is 0 Å². The highest BCUT2D eigenvalue weighted by Crippen LogP contribution is 2.21. The zero-order valence-electron chi connectivity index (χ0n) is 7.06. The number of ether oxygens (including phenoxy) is 1. The summed E-state index contributed by atoms with van der Waals surface area (Å²) in [6.07, 6.45) is 0. The van der Waals surface area contributed by atoms with Crippen LogP contribution in [0.3, 0.4) is 0 Å². The lowest BCUT2D eigenvalue weighted by molar-refractivity contribution is -0.0521. The summed E-state index contributed by atoms with van der Waals surface area (Å²) in [6, 6.07) is 1.96. The molecule has 0 aromatic heterocycles. The van der Waals surface area contributed by atoms with Crippen molar-refractivity contribution in [3.63, 3.8) is 0 Å². The van der Waals surface area contributed by atoms with E-state index in [9.17, 15) is 26.1 Å². The summed E-state index contributed by atoms with van der Waals surface area (Å²) in [5.41, 5.74) is -1.58. The van der Waals surface area contributed by atoms with Crippen LogP contribution in [0.15, 0.2) is 18.2 Å². The predicted molar refractivity (Wildman–Crippen MR) is 41.7 cm³/mol. The molecule has 0 N–H and O–H groups in total. The SMILES string of the molecule is Fc1c(OC(F)F)cccc1[B-](F)(F)F. The molecule has 0 saturated heterocycles. The number of rotatable bonds is 3. The monoisotopic (exact) mass is 229 g/mol. The van der Waals surface area contributed by atoms with Crippen LogP contribution in [0, 0.1) is 5.82 Å². The van der Waals surface area contributed by atoms with Crippen molar-refractivity contribution in [2.75, 3.05) is 0 Å². The number of hydrogen-bond donors (Lipinski definition) is 0. The normalized spacial score (nSPS) is 11.9. The summed E-state index contributed by atoms with van der Waals surface area (Å²) in [7, 11) is 0. The molecule has 0 amide bonds. The standard InChI is InChI=1S/C7H4BF6O/c9-6-4(8(12,13)14)2-1-3-5(6)15-7(10)11/h1-3,7H/q-1. The molecular formula is C7H4BF6O-. The van der Waals surface area contributed by atoms with E-state index in [1.54, 1.807) is 0 Å². The van der Waals surface area contributed by atoms with Gasteiger partial charge in [-0.15, -0.1) is 0 Å². The Labute approximate surface area is 80.7 Å². The van der Waals surface area contributed by atoms with Crippen LogP contribution in [0.5, 0.6) is 5.75 Å². The van der Waals surface area contributed by atoms with Crippen LogP contribution in [-0.4, -0.2) is 13.6 Å². The van der Waals surface area contributed by atoms with Crippen LogP contribution in [0.25, 0.3) is 0 Å². The molecule has 0 bridgehead atoms. The lowest BCUT2D eigenvalue weighted by Crippen LogP contribution is -2.37. The van der Waals surface area contributed by atoms with Gasteiger partial charge in [-0.05, 0) is 6.07 Å².